The van der Waals surface area contributed by atoms with E-state index in [1.54, 1.807) is 4.90 Å². The summed E-state index contributed by atoms with van der Waals surface area (Å²) in [6.07, 6.45) is 1.62. The van der Waals surface area contributed by atoms with Crippen molar-refractivity contribution in [1.29, 1.82) is 0 Å². The fraction of sp³-hybridized carbons (Fsp3) is 0.857. The average Bonchev–Trinajstić information content (AvgIpc) is 2.48. The van der Waals surface area contributed by atoms with Crippen LogP contribution in [0, 0.1) is 0 Å². The molecule has 6 nitrogen and oxygen atoms in total. The van der Waals surface area contributed by atoms with Gasteiger partial charge < -0.3 is 14.4 Å². The Morgan fingerprint density at radius 1 is 1.20 bits per heavy atom. The first-order valence-electron chi connectivity index (χ1n) is 7.32. The lowest BCUT2D eigenvalue weighted by Crippen LogP contribution is -2.43. The van der Waals surface area contributed by atoms with E-state index >= 15 is 0 Å². The molecule has 0 radical (unpaired) electrons. The van der Waals surface area contributed by atoms with Crippen LogP contribution in [-0.4, -0.2) is 74.7 Å². The number of nitrogens with zero attached hydrogens (tertiary/aromatic N) is 2. The van der Waals surface area contributed by atoms with Crippen LogP contribution in [0.5, 0.6) is 0 Å². The van der Waals surface area contributed by atoms with Crippen molar-refractivity contribution in [2.24, 2.45) is 0 Å². The lowest BCUT2D eigenvalue weighted by atomic mass is 10.2. The van der Waals surface area contributed by atoms with Crippen molar-refractivity contribution in [3.8, 4) is 0 Å². The molecule has 1 saturated heterocycles. The fourth-order valence-corrected chi connectivity index (χ4v) is 2.15. The standard InChI is InChI=1S/C14H26N2O4/c1-3-4-13(17)16(6-5-14(18)19-2)8-7-15-9-11-20-12-10-15/h3-12H2,1-2H3. The highest BCUT2D eigenvalue weighted by molar-refractivity contribution is 5.77. The predicted octanol–water partition coefficient (Wildman–Crippen LogP) is 0.510. The summed E-state index contributed by atoms with van der Waals surface area (Å²) in [5, 5.41) is 0. The molecule has 1 aliphatic heterocycles. The Kier molecular flexibility index (Phi) is 8.22. The maximum absolute atomic E-state index is 12.0. The molecule has 0 unspecified atom stereocenters. The van der Waals surface area contributed by atoms with Gasteiger partial charge in [0.15, 0.2) is 0 Å². The van der Waals surface area contributed by atoms with Crippen molar-refractivity contribution in [3.63, 3.8) is 0 Å². The Morgan fingerprint density at radius 2 is 1.90 bits per heavy atom. The molecule has 1 fully saturated rings. The van der Waals surface area contributed by atoms with E-state index in [4.69, 9.17) is 4.74 Å². The number of hydrogen-bond donors (Lipinski definition) is 0. The zero-order valence-corrected chi connectivity index (χ0v) is 12.6. The zero-order valence-electron chi connectivity index (χ0n) is 12.6. The molecule has 0 aromatic heterocycles. The number of carbonyl (C=O) groups excluding carboxylic acids is 2. The molecule has 0 atom stereocenters. The number of esters is 1. The second-order valence-electron chi connectivity index (χ2n) is 4.91. The quantitative estimate of drug-likeness (QED) is 0.609. The van der Waals surface area contributed by atoms with Crippen molar-refractivity contribution in [1.82, 2.24) is 9.80 Å². The highest BCUT2D eigenvalue weighted by atomic mass is 16.5. The highest BCUT2D eigenvalue weighted by Gasteiger charge is 2.17. The molecule has 0 spiro atoms. The minimum atomic E-state index is -0.273. The first-order valence-corrected chi connectivity index (χ1v) is 7.32. The molecule has 1 aliphatic rings. The summed E-state index contributed by atoms with van der Waals surface area (Å²) < 4.78 is 9.93. The van der Waals surface area contributed by atoms with Crippen LogP contribution >= 0.6 is 0 Å². The molecule has 1 rings (SSSR count). The summed E-state index contributed by atoms with van der Waals surface area (Å²) in [5.41, 5.74) is 0. The minimum Gasteiger partial charge on any atom is -0.469 e. The number of rotatable bonds is 8. The van der Waals surface area contributed by atoms with Gasteiger partial charge in [0.2, 0.25) is 5.91 Å². The van der Waals surface area contributed by atoms with Crippen LogP contribution in [0.25, 0.3) is 0 Å². The third-order valence-corrected chi connectivity index (χ3v) is 3.42. The summed E-state index contributed by atoms with van der Waals surface area (Å²) in [4.78, 5) is 27.3. The lowest BCUT2D eigenvalue weighted by molar-refractivity contribution is -0.141. The highest BCUT2D eigenvalue weighted by Crippen LogP contribution is 2.03. The van der Waals surface area contributed by atoms with E-state index in [1.807, 2.05) is 6.92 Å². The molecule has 0 bridgehead atoms. The van der Waals surface area contributed by atoms with Crippen LogP contribution in [0.3, 0.4) is 0 Å². The van der Waals surface area contributed by atoms with Crippen LogP contribution < -0.4 is 0 Å². The lowest BCUT2D eigenvalue weighted by Gasteiger charge is -2.30. The van der Waals surface area contributed by atoms with Gasteiger partial charge in [0, 0.05) is 39.1 Å². The van der Waals surface area contributed by atoms with Gasteiger partial charge in [0.25, 0.3) is 0 Å². The maximum Gasteiger partial charge on any atom is 0.307 e. The van der Waals surface area contributed by atoms with Crippen molar-refractivity contribution in [2.75, 3.05) is 53.0 Å². The van der Waals surface area contributed by atoms with Crippen LogP contribution in [-0.2, 0) is 19.1 Å². The van der Waals surface area contributed by atoms with Crippen molar-refractivity contribution in [3.05, 3.63) is 0 Å². The van der Waals surface area contributed by atoms with E-state index in [0.29, 0.717) is 19.5 Å². The minimum absolute atomic E-state index is 0.115. The van der Waals surface area contributed by atoms with Crippen molar-refractivity contribution in [2.45, 2.75) is 26.2 Å². The molecule has 0 N–H and O–H groups in total. The van der Waals surface area contributed by atoms with E-state index in [0.717, 1.165) is 39.3 Å². The van der Waals surface area contributed by atoms with E-state index in [-0.39, 0.29) is 18.3 Å². The Bertz CT molecular complexity index is 304. The van der Waals surface area contributed by atoms with E-state index in [1.165, 1.54) is 7.11 Å². The van der Waals surface area contributed by atoms with Crippen LogP contribution in [0.2, 0.25) is 0 Å². The number of methoxy groups -OCH3 is 1. The van der Waals surface area contributed by atoms with E-state index < -0.39 is 0 Å². The third kappa shape index (κ3) is 6.34. The second kappa shape index (κ2) is 9.72. The van der Waals surface area contributed by atoms with Crippen molar-refractivity contribution >= 4 is 11.9 Å². The van der Waals surface area contributed by atoms with E-state index in [9.17, 15) is 9.59 Å². The molecule has 116 valence electrons. The van der Waals surface area contributed by atoms with Crippen LogP contribution in [0.15, 0.2) is 0 Å². The molecule has 0 saturated carbocycles. The summed E-state index contributed by atoms with van der Waals surface area (Å²) in [6, 6.07) is 0. The van der Waals surface area contributed by atoms with Crippen LogP contribution in [0.4, 0.5) is 0 Å². The third-order valence-electron chi connectivity index (χ3n) is 3.42. The summed E-state index contributed by atoms with van der Waals surface area (Å²) in [5.74, 6) is -0.157. The van der Waals surface area contributed by atoms with Gasteiger partial charge in [-0.05, 0) is 6.42 Å². The Hall–Kier alpha value is -1.14. The number of morpholine rings is 1. The number of hydrogen-bond acceptors (Lipinski definition) is 5. The monoisotopic (exact) mass is 286 g/mol. The van der Waals surface area contributed by atoms with Crippen LogP contribution in [0.1, 0.15) is 26.2 Å². The molecule has 0 aromatic carbocycles. The first kappa shape index (κ1) is 16.9. The molecule has 0 aromatic rings. The van der Waals surface area contributed by atoms with Gasteiger partial charge in [-0.3, -0.25) is 14.5 Å². The fourth-order valence-electron chi connectivity index (χ4n) is 2.15. The SMILES string of the molecule is CCCC(=O)N(CCC(=O)OC)CCN1CCOCC1. The molecular weight excluding hydrogens is 260 g/mol. The normalized spacial score (nSPS) is 15.9. The number of ether oxygens (including phenoxy) is 2. The number of carbonyl (C=O) groups is 2. The summed E-state index contributed by atoms with van der Waals surface area (Å²) in [6.45, 7) is 7.25. The zero-order chi connectivity index (χ0) is 14.8. The van der Waals surface area contributed by atoms with Gasteiger partial charge >= 0.3 is 5.97 Å². The molecule has 6 heteroatoms. The first-order chi connectivity index (χ1) is 9.67. The van der Waals surface area contributed by atoms with Crippen molar-refractivity contribution < 1.29 is 19.1 Å². The molecular formula is C14H26N2O4. The molecule has 20 heavy (non-hydrogen) atoms. The van der Waals surface area contributed by atoms with Gasteiger partial charge in [0.05, 0.1) is 26.7 Å². The Morgan fingerprint density at radius 3 is 2.50 bits per heavy atom. The molecule has 1 amide bonds. The summed E-state index contributed by atoms with van der Waals surface area (Å²) in [7, 11) is 1.37. The molecule has 1 heterocycles. The average molecular weight is 286 g/mol. The van der Waals surface area contributed by atoms with Gasteiger partial charge in [-0.1, -0.05) is 6.92 Å². The Balaban J connectivity index is 2.39. The topological polar surface area (TPSA) is 59.1 Å². The second-order valence-corrected chi connectivity index (χ2v) is 4.91. The largest absolute Gasteiger partial charge is 0.469 e. The smallest absolute Gasteiger partial charge is 0.307 e. The van der Waals surface area contributed by atoms with Gasteiger partial charge in [-0.2, -0.15) is 0 Å². The summed E-state index contributed by atoms with van der Waals surface area (Å²) >= 11 is 0. The maximum atomic E-state index is 12.0. The van der Waals surface area contributed by atoms with Gasteiger partial charge in [0.1, 0.15) is 0 Å². The van der Waals surface area contributed by atoms with Gasteiger partial charge in [-0.15, -0.1) is 0 Å². The molecule has 0 aliphatic carbocycles. The van der Waals surface area contributed by atoms with Gasteiger partial charge in [-0.25, -0.2) is 0 Å². The Labute approximate surface area is 121 Å². The van der Waals surface area contributed by atoms with E-state index in [2.05, 4.69) is 9.64 Å². The predicted molar refractivity (Wildman–Crippen MR) is 75.4 cm³/mol. The number of amides is 1.